The molecular weight excluding hydrogens is 415 g/mol. The number of aliphatic hydroxyl groups is 1. The Morgan fingerprint density at radius 3 is 2.41 bits per heavy atom. The minimum Gasteiger partial charge on any atom is -0.507 e. The molecule has 1 unspecified atom stereocenters. The zero-order valence-electron chi connectivity index (χ0n) is 18.6. The largest absolute Gasteiger partial charge is 0.507 e. The molecule has 2 aromatic rings. The summed E-state index contributed by atoms with van der Waals surface area (Å²) in [5.74, 6) is -2.19. The van der Waals surface area contributed by atoms with Crippen LogP contribution in [0.1, 0.15) is 23.6 Å². The Bertz CT molecular complexity index is 1050. The minimum atomic E-state index is -0.863. The molecule has 1 saturated heterocycles. The number of carbonyl (C=O) groups excluding carboxylic acids is 2. The van der Waals surface area contributed by atoms with E-state index < -0.39 is 29.3 Å². The molecule has 1 fully saturated rings. The SMILES string of the molecule is COc1ccc(/C(O)=C2\C(=O)C(=O)N(CCCN(C)C)C2c2ccccc2OC)cc1F. The van der Waals surface area contributed by atoms with Crippen LogP contribution in [0.4, 0.5) is 4.39 Å². The molecule has 1 N–H and O–H groups in total. The standard InChI is InChI=1S/C24H27FN2O5/c1-26(2)12-7-13-27-21(16-8-5-6-9-18(16)31-3)20(23(29)24(27)30)22(28)15-10-11-19(32-4)17(25)14-15/h5-6,8-11,14,21,28H,7,12-13H2,1-4H3/b22-20+. The van der Waals surface area contributed by atoms with Gasteiger partial charge in [-0.1, -0.05) is 18.2 Å². The van der Waals surface area contributed by atoms with Crippen LogP contribution in [-0.4, -0.2) is 68.0 Å². The molecule has 170 valence electrons. The van der Waals surface area contributed by atoms with Crippen molar-refractivity contribution in [2.24, 2.45) is 0 Å². The van der Waals surface area contributed by atoms with Crippen LogP contribution in [0, 0.1) is 5.82 Å². The fourth-order valence-corrected chi connectivity index (χ4v) is 3.85. The maximum absolute atomic E-state index is 14.3. The van der Waals surface area contributed by atoms with Gasteiger partial charge in [0.2, 0.25) is 0 Å². The van der Waals surface area contributed by atoms with E-state index in [4.69, 9.17) is 9.47 Å². The minimum absolute atomic E-state index is 0.00645. The summed E-state index contributed by atoms with van der Waals surface area (Å²) < 4.78 is 24.7. The summed E-state index contributed by atoms with van der Waals surface area (Å²) in [6.45, 7) is 1.02. The zero-order chi connectivity index (χ0) is 23.4. The van der Waals surface area contributed by atoms with Crippen LogP contribution in [0.3, 0.4) is 0 Å². The van der Waals surface area contributed by atoms with Gasteiger partial charge < -0.3 is 24.4 Å². The number of benzene rings is 2. The van der Waals surface area contributed by atoms with Crippen molar-refractivity contribution in [2.45, 2.75) is 12.5 Å². The van der Waals surface area contributed by atoms with E-state index >= 15 is 0 Å². The lowest BCUT2D eigenvalue weighted by Crippen LogP contribution is -2.32. The van der Waals surface area contributed by atoms with Crippen molar-refractivity contribution in [2.75, 3.05) is 41.4 Å². The lowest BCUT2D eigenvalue weighted by atomic mass is 9.94. The van der Waals surface area contributed by atoms with E-state index in [1.807, 2.05) is 19.0 Å². The number of amides is 1. The summed E-state index contributed by atoms with van der Waals surface area (Å²) in [5, 5.41) is 11.0. The van der Waals surface area contributed by atoms with Gasteiger partial charge in [0.25, 0.3) is 11.7 Å². The normalized spacial score (nSPS) is 17.8. The number of Topliss-reactive ketones (excluding diaryl/α,β-unsaturated/α-hetero) is 1. The third-order valence-electron chi connectivity index (χ3n) is 5.40. The van der Waals surface area contributed by atoms with Gasteiger partial charge in [-0.25, -0.2) is 4.39 Å². The summed E-state index contributed by atoms with van der Waals surface area (Å²) in [7, 11) is 6.67. The average Bonchev–Trinajstić information content (AvgIpc) is 3.03. The van der Waals surface area contributed by atoms with Gasteiger partial charge in [0, 0.05) is 17.7 Å². The molecule has 2 aromatic carbocycles. The first-order valence-electron chi connectivity index (χ1n) is 10.2. The van der Waals surface area contributed by atoms with Crippen LogP contribution in [0.2, 0.25) is 0 Å². The molecule has 0 saturated carbocycles. The number of carbonyl (C=O) groups is 2. The second kappa shape index (κ2) is 9.82. The summed E-state index contributed by atoms with van der Waals surface area (Å²) in [4.78, 5) is 29.4. The zero-order valence-corrected chi connectivity index (χ0v) is 18.6. The molecule has 0 bridgehead atoms. The average molecular weight is 442 g/mol. The molecule has 3 rings (SSSR count). The first-order chi connectivity index (χ1) is 15.3. The van der Waals surface area contributed by atoms with Crippen molar-refractivity contribution in [3.05, 3.63) is 65.0 Å². The van der Waals surface area contributed by atoms with Crippen LogP contribution < -0.4 is 9.47 Å². The fourth-order valence-electron chi connectivity index (χ4n) is 3.85. The van der Waals surface area contributed by atoms with E-state index in [0.717, 1.165) is 6.07 Å². The molecule has 7 nitrogen and oxygen atoms in total. The number of hydrogen-bond acceptors (Lipinski definition) is 6. The maximum Gasteiger partial charge on any atom is 0.295 e. The number of para-hydroxylation sites is 1. The van der Waals surface area contributed by atoms with Crippen molar-refractivity contribution in [1.82, 2.24) is 9.80 Å². The van der Waals surface area contributed by atoms with Gasteiger partial charge in [-0.3, -0.25) is 9.59 Å². The van der Waals surface area contributed by atoms with E-state index in [-0.39, 0.29) is 16.9 Å². The highest BCUT2D eigenvalue weighted by molar-refractivity contribution is 6.46. The van der Waals surface area contributed by atoms with Gasteiger partial charge >= 0.3 is 0 Å². The molecule has 1 aliphatic heterocycles. The van der Waals surface area contributed by atoms with Gasteiger partial charge in [-0.05, 0) is 51.3 Å². The Hall–Kier alpha value is -3.39. The van der Waals surface area contributed by atoms with E-state index in [2.05, 4.69) is 0 Å². The molecule has 0 radical (unpaired) electrons. The number of ether oxygens (including phenoxy) is 2. The quantitative estimate of drug-likeness (QED) is 0.384. The van der Waals surface area contributed by atoms with Crippen molar-refractivity contribution in [1.29, 1.82) is 0 Å². The van der Waals surface area contributed by atoms with Gasteiger partial charge in [0.1, 0.15) is 11.5 Å². The van der Waals surface area contributed by atoms with E-state index in [0.29, 0.717) is 30.8 Å². The highest BCUT2D eigenvalue weighted by Crippen LogP contribution is 2.42. The van der Waals surface area contributed by atoms with Crippen molar-refractivity contribution < 1.29 is 28.6 Å². The van der Waals surface area contributed by atoms with Crippen molar-refractivity contribution >= 4 is 17.4 Å². The third-order valence-corrected chi connectivity index (χ3v) is 5.40. The number of aliphatic hydroxyl groups excluding tert-OH is 1. The molecule has 1 atom stereocenters. The smallest absolute Gasteiger partial charge is 0.295 e. The summed E-state index contributed by atoms with van der Waals surface area (Å²) in [6.07, 6.45) is 0.628. The van der Waals surface area contributed by atoms with Gasteiger partial charge in [-0.2, -0.15) is 0 Å². The number of methoxy groups -OCH3 is 2. The molecule has 8 heteroatoms. The Morgan fingerprint density at radius 1 is 1.09 bits per heavy atom. The Kier molecular flexibility index (Phi) is 7.15. The number of nitrogens with zero attached hydrogens (tertiary/aromatic N) is 2. The highest BCUT2D eigenvalue weighted by Gasteiger charge is 2.46. The number of likely N-dealkylation sites (tertiary alicyclic amines) is 1. The predicted molar refractivity (Wildman–Crippen MR) is 118 cm³/mol. The molecule has 0 spiro atoms. The second-order valence-corrected chi connectivity index (χ2v) is 7.74. The fraction of sp³-hybridized carbons (Fsp3) is 0.333. The Labute approximate surface area is 186 Å². The summed E-state index contributed by atoms with van der Waals surface area (Å²) >= 11 is 0. The number of rotatable bonds is 8. The maximum atomic E-state index is 14.3. The van der Waals surface area contributed by atoms with Crippen molar-refractivity contribution in [3.63, 3.8) is 0 Å². The monoisotopic (exact) mass is 442 g/mol. The molecule has 1 aliphatic rings. The molecule has 1 amide bonds. The number of ketones is 1. The van der Waals surface area contributed by atoms with E-state index in [1.54, 1.807) is 24.3 Å². The molecule has 1 heterocycles. The molecule has 0 aromatic heterocycles. The van der Waals surface area contributed by atoms with E-state index in [9.17, 15) is 19.1 Å². The number of hydrogen-bond donors (Lipinski definition) is 1. The van der Waals surface area contributed by atoms with Crippen LogP contribution in [0.15, 0.2) is 48.0 Å². The van der Waals surface area contributed by atoms with Crippen molar-refractivity contribution in [3.8, 4) is 11.5 Å². The second-order valence-electron chi connectivity index (χ2n) is 7.74. The topological polar surface area (TPSA) is 79.3 Å². The van der Waals surface area contributed by atoms with Gasteiger partial charge in [-0.15, -0.1) is 0 Å². The molecule has 0 aliphatic carbocycles. The van der Waals surface area contributed by atoms with Gasteiger partial charge in [0.05, 0.1) is 25.8 Å². The first-order valence-corrected chi connectivity index (χ1v) is 10.2. The molecular formula is C24H27FN2O5. The van der Waals surface area contributed by atoms with Crippen LogP contribution in [0.5, 0.6) is 11.5 Å². The lowest BCUT2D eigenvalue weighted by Gasteiger charge is -2.27. The molecule has 32 heavy (non-hydrogen) atoms. The van der Waals surface area contributed by atoms with Crippen LogP contribution in [0.25, 0.3) is 5.76 Å². The summed E-state index contributed by atoms with van der Waals surface area (Å²) in [5.41, 5.74) is 0.540. The lowest BCUT2D eigenvalue weighted by molar-refractivity contribution is -0.140. The number of halogens is 1. The van der Waals surface area contributed by atoms with Gasteiger partial charge in [0.15, 0.2) is 11.6 Å². The first kappa shape index (κ1) is 23.3. The van der Waals surface area contributed by atoms with Crippen LogP contribution in [-0.2, 0) is 9.59 Å². The van der Waals surface area contributed by atoms with Crippen LogP contribution >= 0.6 is 0 Å². The Balaban J connectivity index is 2.15. The predicted octanol–water partition coefficient (Wildman–Crippen LogP) is 3.22. The summed E-state index contributed by atoms with van der Waals surface area (Å²) in [6, 6.07) is 10.0. The Morgan fingerprint density at radius 2 is 1.78 bits per heavy atom. The highest BCUT2D eigenvalue weighted by atomic mass is 19.1. The third kappa shape index (κ3) is 4.45. The van der Waals surface area contributed by atoms with E-state index in [1.165, 1.54) is 31.3 Å².